The maximum absolute atomic E-state index is 4.36. The van der Waals surface area contributed by atoms with E-state index in [4.69, 9.17) is 0 Å². The fraction of sp³-hybridized carbons (Fsp3) is 0.438. The molecule has 0 aliphatic carbocycles. The normalized spacial score (nSPS) is 12.6. The molecule has 1 heterocycles. The summed E-state index contributed by atoms with van der Waals surface area (Å²) in [4.78, 5) is 4.36. The van der Waals surface area contributed by atoms with E-state index in [1.807, 2.05) is 12.4 Å². The lowest BCUT2D eigenvalue weighted by Gasteiger charge is -2.15. The van der Waals surface area contributed by atoms with E-state index in [-0.39, 0.29) is 0 Å². The highest BCUT2D eigenvalue weighted by Gasteiger charge is 2.07. The zero-order valence-corrected chi connectivity index (χ0v) is 12.0. The minimum atomic E-state index is 0.441. The SMILES string of the molecule is CC(CCNc1nccn1C(C)C)c1ccccc1. The molecule has 2 aromatic rings. The van der Waals surface area contributed by atoms with Crippen molar-refractivity contribution in [2.75, 3.05) is 11.9 Å². The van der Waals surface area contributed by atoms with E-state index >= 15 is 0 Å². The Morgan fingerprint density at radius 3 is 2.58 bits per heavy atom. The standard InChI is InChI=1S/C16H23N3/c1-13(2)19-12-11-18-16(19)17-10-9-14(3)15-7-5-4-6-8-15/h4-8,11-14H,9-10H2,1-3H3,(H,17,18). The average molecular weight is 257 g/mol. The molecule has 1 unspecified atom stereocenters. The van der Waals surface area contributed by atoms with Gasteiger partial charge in [0.25, 0.3) is 0 Å². The van der Waals surface area contributed by atoms with Crippen LogP contribution in [-0.4, -0.2) is 16.1 Å². The van der Waals surface area contributed by atoms with E-state index in [0.29, 0.717) is 12.0 Å². The summed E-state index contributed by atoms with van der Waals surface area (Å²) in [5.74, 6) is 1.53. The molecule has 0 saturated heterocycles. The topological polar surface area (TPSA) is 29.9 Å². The monoisotopic (exact) mass is 257 g/mol. The van der Waals surface area contributed by atoms with Crippen LogP contribution >= 0.6 is 0 Å². The van der Waals surface area contributed by atoms with Crippen LogP contribution in [0.2, 0.25) is 0 Å². The van der Waals surface area contributed by atoms with Crippen molar-refractivity contribution in [2.24, 2.45) is 0 Å². The van der Waals surface area contributed by atoms with Gasteiger partial charge in [0.1, 0.15) is 0 Å². The van der Waals surface area contributed by atoms with Crippen molar-refractivity contribution < 1.29 is 0 Å². The van der Waals surface area contributed by atoms with Crippen LogP contribution in [0.3, 0.4) is 0 Å². The highest BCUT2D eigenvalue weighted by molar-refractivity contribution is 5.27. The van der Waals surface area contributed by atoms with E-state index in [9.17, 15) is 0 Å². The summed E-state index contributed by atoms with van der Waals surface area (Å²) in [6.07, 6.45) is 4.98. The third kappa shape index (κ3) is 3.60. The predicted molar refractivity (Wildman–Crippen MR) is 80.6 cm³/mol. The summed E-state index contributed by atoms with van der Waals surface area (Å²) in [7, 11) is 0. The van der Waals surface area contributed by atoms with E-state index in [1.165, 1.54) is 5.56 Å². The maximum Gasteiger partial charge on any atom is 0.203 e. The second-order valence-electron chi connectivity index (χ2n) is 5.28. The van der Waals surface area contributed by atoms with Gasteiger partial charge in [0, 0.05) is 25.0 Å². The molecule has 0 bridgehead atoms. The number of hydrogen-bond acceptors (Lipinski definition) is 2. The predicted octanol–water partition coefficient (Wildman–Crippen LogP) is 4.07. The Kier molecular flexibility index (Phi) is 4.61. The van der Waals surface area contributed by atoms with Crippen LogP contribution < -0.4 is 5.32 Å². The Labute approximate surface area is 115 Å². The van der Waals surface area contributed by atoms with Gasteiger partial charge in [-0.25, -0.2) is 4.98 Å². The molecule has 1 N–H and O–H groups in total. The summed E-state index contributed by atoms with van der Waals surface area (Å²) in [6.45, 7) is 7.55. The van der Waals surface area contributed by atoms with Gasteiger partial charge in [-0.3, -0.25) is 0 Å². The first-order chi connectivity index (χ1) is 9.18. The quantitative estimate of drug-likeness (QED) is 0.845. The first-order valence-electron chi connectivity index (χ1n) is 7.00. The van der Waals surface area contributed by atoms with Crippen LogP contribution in [0, 0.1) is 0 Å². The number of aromatic nitrogens is 2. The van der Waals surface area contributed by atoms with E-state index in [2.05, 4.69) is 66.0 Å². The third-order valence-corrected chi connectivity index (χ3v) is 3.45. The summed E-state index contributed by atoms with van der Waals surface area (Å²) in [6, 6.07) is 11.1. The molecule has 0 radical (unpaired) electrons. The van der Waals surface area contributed by atoms with Crippen molar-refractivity contribution in [2.45, 2.75) is 39.2 Å². The number of nitrogens with one attached hydrogen (secondary N) is 1. The van der Waals surface area contributed by atoms with E-state index < -0.39 is 0 Å². The fourth-order valence-corrected chi connectivity index (χ4v) is 2.22. The Morgan fingerprint density at radius 2 is 1.89 bits per heavy atom. The molecule has 19 heavy (non-hydrogen) atoms. The van der Waals surface area contributed by atoms with Crippen LogP contribution in [-0.2, 0) is 0 Å². The third-order valence-electron chi connectivity index (χ3n) is 3.45. The lowest BCUT2D eigenvalue weighted by atomic mass is 9.98. The summed E-state index contributed by atoms with van der Waals surface area (Å²) < 4.78 is 2.16. The number of hydrogen-bond donors (Lipinski definition) is 1. The highest BCUT2D eigenvalue weighted by Crippen LogP contribution is 2.19. The lowest BCUT2D eigenvalue weighted by molar-refractivity contribution is 0.601. The molecule has 1 aromatic heterocycles. The van der Waals surface area contributed by atoms with Gasteiger partial charge in [-0.1, -0.05) is 37.3 Å². The molecule has 3 nitrogen and oxygen atoms in total. The average Bonchev–Trinajstić information content (AvgIpc) is 2.88. The first-order valence-corrected chi connectivity index (χ1v) is 7.00. The zero-order valence-electron chi connectivity index (χ0n) is 12.0. The van der Waals surface area contributed by atoms with E-state index in [0.717, 1.165) is 18.9 Å². The molecule has 0 aliphatic rings. The Morgan fingerprint density at radius 1 is 1.16 bits per heavy atom. The van der Waals surface area contributed by atoms with Gasteiger partial charge in [0.15, 0.2) is 0 Å². The Hall–Kier alpha value is -1.77. The fourth-order valence-electron chi connectivity index (χ4n) is 2.22. The number of benzene rings is 1. The molecule has 0 saturated carbocycles. The van der Waals surface area contributed by atoms with Crippen LogP contribution in [0.1, 0.15) is 44.7 Å². The first kappa shape index (κ1) is 13.7. The summed E-state index contributed by atoms with van der Waals surface area (Å²) in [5.41, 5.74) is 1.40. The molecule has 2 rings (SSSR count). The molecule has 0 spiro atoms. The Bertz CT molecular complexity index is 488. The molecular formula is C16H23N3. The molecule has 0 aliphatic heterocycles. The minimum absolute atomic E-state index is 0.441. The van der Waals surface area contributed by atoms with Gasteiger partial charge >= 0.3 is 0 Å². The molecule has 0 fully saturated rings. The largest absolute Gasteiger partial charge is 0.356 e. The molecule has 3 heteroatoms. The van der Waals surface area contributed by atoms with Gasteiger partial charge in [-0.05, 0) is 31.7 Å². The zero-order chi connectivity index (χ0) is 13.7. The van der Waals surface area contributed by atoms with Crippen LogP contribution in [0.4, 0.5) is 5.95 Å². The van der Waals surface area contributed by atoms with Crippen LogP contribution in [0.25, 0.3) is 0 Å². The number of imidazole rings is 1. The van der Waals surface area contributed by atoms with Crippen molar-refractivity contribution in [1.82, 2.24) is 9.55 Å². The van der Waals surface area contributed by atoms with Crippen molar-refractivity contribution >= 4 is 5.95 Å². The number of anilines is 1. The Balaban J connectivity index is 1.85. The van der Waals surface area contributed by atoms with Gasteiger partial charge in [-0.15, -0.1) is 0 Å². The number of nitrogens with zero attached hydrogens (tertiary/aromatic N) is 2. The molecular weight excluding hydrogens is 234 g/mol. The van der Waals surface area contributed by atoms with Crippen LogP contribution in [0.5, 0.6) is 0 Å². The minimum Gasteiger partial charge on any atom is -0.356 e. The van der Waals surface area contributed by atoms with Crippen LogP contribution in [0.15, 0.2) is 42.7 Å². The lowest BCUT2D eigenvalue weighted by Crippen LogP contribution is -2.11. The summed E-state index contributed by atoms with van der Waals surface area (Å²) in [5, 5.41) is 3.43. The van der Waals surface area contributed by atoms with E-state index in [1.54, 1.807) is 0 Å². The smallest absolute Gasteiger partial charge is 0.203 e. The van der Waals surface area contributed by atoms with Gasteiger partial charge in [0.05, 0.1) is 0 Å². The molecule has 1 aromatic carbocycles. The van der Waals surface area contributed by atoms with Crippen molar-refractivity contribution in [3.63, 3.8) is 0 Å². The summed E-state index contributed by atoms with van der Waals surface area (Å²) >= 11 is 0. The molecule has 0 amide bonds. The van der Waals surface area contributed by atoms with Crippen molar-refractivity contribution in [3.05, 3.63) is 48.3 Å². The maximum atomic E-state index is 4.36. The van der Waals surface area contributed by atoms with Gasteiger partial charge in [0.2, 0.25) is 5.95 Å². The molecule has 1 atom stereocenters. The number of rotatable bonds is 6. The second kappa shape index (κ2) is 6.41. The van der Waals surface area contributed by atoms with Crippen molar-refractivity contribution in [1.29, 1.82) is 0 Å². The van der Waals surface area contributed by atoms with Gasteiger partial charge < -0.3 is 9.88 Å². The molecule has 102 valence electrons. The highest BCUT2D eigenvalue weighted by atomic mass is 15.2. The van der Waals surface area contributed by atoms with Gasteiger partial charge in [-0.2, -0.15) is 0 Å². The second-order valence-corrected chi connectivity index (χ2v) is 5.28. The van der Waals surface area contributed by atoms with Crippen molar-refractivity contribution in [3.8, 4) is 0 Å².